The fraction of sp³-hybridized carbons (Fsp3) is 0.571. The van der Waals surface area contributed by atoms with Crippen molar-refractivity contribution in [1.29, 1.82) is 0 Å². The Morgan fingerprint density at radius 3 is 2.57 bits per heavy atom. The Balaban J connectivity index is 1.87. The van der Waals surface area contributed by atoms with E-state index in [0.29, 0.717) is 23.9 Å². The van der Waals surface area contributed by atoms with Gasteiger partial charge < -0.3 is 4.74 Å². The summed E-state index contributed by atoms with van der Waals surface area (Å²) in [6.45, 7) is 8.35. The van der Waals surface area contributed by atoms with Gasteiger partial charge in [-0.25, -0.2) is 0 Å². The molecule has 1 aromatic carbocycles. The van der Waals surface area contributed by atoms with Gasteiger partial charge in [-0.05, 0) is 37.8 Å². The third-order valence-electron chi connectivity index (χ3n) is 4.88. The van der Waals surface area contributed by atoms with Crippen LogP contribution in [0.15, 0.2) is 36.6 Å². The first-order valence-corrected chi connectivity index (χ1v) is 9.08. The van der Waals surface area contributed by atoms with Crippen molar-refractivity contribution >= 4 is 5.78 Å². The van der Waals surface area contributed by atoms with Crippen LogP contribution in [0.2, 0.25) is 0 Å². The van der Waals surface area contributed by atoms with Crippen molar-refractivity contribution in [2.75, 3.05) is 0 Å². The zero-order chi connectivity index (χ0) is 16.7. The molecule has 23 heavy (non-hydrogen) atoms. The topological polar surface area (TPSA) is 26.3 Å². The molecule has 1 aliphatic carbocycles. The van der Waals surface area contributed by atoms with Gasteiger partial charge in [0.1, 0.15) is 17.3 Å². The minimum atomic E-state index is -0.109. The molecule has 0 unspecified atom stereocenters. The maximum atomic E-state index is 12.3. The molecule has 0 spiro atoms. The maximum Gasteiger partial charge on any atom is 0.143 e. The van der Waals surface area contributed by atoms with E-state index in [2.05, 4.69) is 13.5 Å². The quantitative estimate of drug-likeness (QED) is 0.422. The summed E-state index contributed by atoms with van der Waals surface area (Å²) in [5.74, 6) is 2.03. The van der Waals surface area contributed by atoms with E-state index >= 15 is 0 Å². The standard InChI is InChI=1S/C21H30O2/c1-4-5-6-7-8-9-18-12-15-20(22)21(18)17(3)23-19-13-10-16(2)11-14-19/h10-11,13-14,18,21H,3-9,12,15H2,1-2H3/t18-,21+/m1/s1. The van der Waals surface area contributed by atoms with Crippen molar-refractivity contribution in [3.8, 4) is 5.75 Å². The first kappa shape index (κ1) is 17.8. The minimum absolute atomic E-state index is 0.109. The van der Waals surface area contributed by atoms with Crippen LogP contribution in [0.25, 0.3) is 0 Å². The highest BCUT2D eigenvalue weighted by molar-refractivity contribution is 5.85. The molecule has 0 heterocycles. The lowest BCUT2D eigenvalue weighted by molar-refractivity contribution is -0.120. The highest BCUT2D eigenvalue weighted by atomic mass is 16.5. The smallest absolute Gasteiger partial charge is 0.143 e. The molecule has 2 rings (SSSR count). The van der Waals surface area contributed by atoms with Gasteiger partial charge in [-0.2, -0.15) is 0 Å². The molecule has 0 bridgehead atoms. The third-order valence-corrected chi connectivity index (χ3v) is 4.88. The molecule has 0 saturated heterocycles. The maximum absolute atomic E-state index is 12.3. The predicted octanol–water partition coefficient (Wildman–Crippen LogP) is 5.84. The van der Waals surface area contributed by atoms with E-state index in [9.17, 15) is 4.79 Å². The molecule has 2 atom stereocenters. The van der Waals surface area contributed by atoms with Gasteiger partial charge in [0.15, 0.2) is 0 Å². The van der Waals surface area contributed by atoms with Crippen LogP contribution in [-0.4, -0.2) is 5.78 Å². The highest BCUT2D eigenvalue weighted by Gasteiger charge is 2.37. The lowest BCUT2D eigenvalue weighted by Crippen LogP contribution is -2.20. The number of hydrogen-bond acceptors (Lipinski definition) is 2. The van der Waals surface area contributed by atoms with Gasteiger partial charge >= 0.3 is 0 Å². The Bertz CT molecular complexity index is 515. The predicted molar refractivity (Wildman–Crippen MR) is 95.5 cm³/mol. The Labute approximate surface area is 140 Å². The van der Waals surface area contributed by atoms with Crippen LogP contribution >= 0.6 is 0 Å². The normalized spacial score (nSPS) is 20.7. The van der Waals surface area contributed by atoms with Crippen molar-refractivity contribution in [3.05, 3.63) is 42.2 Å². The molecule has 2 heteroatoms. The van der Waals surface area contributed by atoms with E-state index in [1.165, 1.54) is 37.7 Å². The molecule has 0 aliphatic heterocycles. The minimum Gasteiger partial charge on any atom is -0.462 e. The molecular formula is C21H30O2. The van der Waals surface area contributed by atoms with Gasteiger partial charge in [0.25, 0.3) is 0 Å². The zero-order valence-corrected chi connectivity index (χ0v) is 14.6. The second-order valence-corrected chi connectivity index (χ2v) is 6.83. The van der Waals surface area contributed by atoms with Crippen LogP contribution < -0.4 is 4.74 Å². The van der Waals surface area contributed by atoms with Crippen LogP contribution in [0.5, 0.6) is 5.75 Å². The van der Waals surface area contributed by atoms with Gasteiger partial charge in [0.05, 0.1) is 5.92 Å². The summed E-state index contributed by atoms with van der Waals surface area (Å²) in [6, 6.07) is 7.92. The van der Waals surface area contributed by atoms with Crippen LogP contribution in [-0.2, 0) is 4.79 Å². The van der Waals surface area contributed by atoms with Crippen LogP contribution in [0.1, 0.15) is 63.9 Å². The second-order valence-electron chi connectivity index (χ2n) is 6.83. The number of allylic oxidation sites excluding steroid dienone is 1. The third kappa shape index (κ3) is 5.23. The van der Waals surface area contributed by atoms with Gasteiger partial charge in [-0.1, -0.05) is 63.3 Å². The van der Waals surface area contributed by atoms with Crippen LogP contribution in [0.3, 0.4) is 0 Å². The number of carbonyl (C=O) groups excluding carboxylic acids is 1. The Hall–Kier alpha value is -1.57. The summed E-state index contributed by atoms with van der Waals surface area (Å²) in [5.41, 5.74) is 1.20. The molecule has 0 N–H and O–H groups in total. The molecule has 1 aliphatic rings. The Morgan fingerprint density at radius 1 is 1.17 bits per heavy atom. The molecular weight excluding hydrogens is 284 g/mol. The van der Waals surface area contributed by atoms with Crippen molar-refractivity contribution in [1.82, 2.24) is 0 Å². The zero-order valence-electron chi connectivity index (χ0n) is 14.6. The van der Waals surface area contributed by atoms with E-state index in [0.717, 1.165) is 18.6 Å². The average molecular weight is 314 g/mol. The highest BCUT2D eigenvalue weighted by Crippen LogP contribution is 2.37. The van der Waals surface area contributed by atoms with Gasteiger partial charge in [-0.15, -0.1) is 0 Å². The van der Waals surface area contributed by atoms with Gasteiger partial charge in [0.2, 0.25) is 0 Å². The number of unbranched alkanes of at least 4 members (excludes halogenated alkanes) is 4. The number of rotatable bonds is 9. The monoisotopic (exact) mass is 314 g/mol. The molecule has 1 saturated carbocycles. The Kier molecular flexibility index (Phi) is 6.88. The summed E-state index contributed by atoms with van der Waals surface area (Å²) >= 11 is 0. The molecule has 1 aromatic rings. The number of Topliss-reactive ketones (excluding diaryl/α,β-unsaturated/α-hetero) is 1. The summed E-state index contributed by atoms with van der Waals surface area (Å²) < 4.78 is 5.88. The number of hydrogen-bond donors (Lipinski definition) is 0. The largest absolute Gasteiger partial charge is 0.462 e. The van der Waals surface area contributed by atoms with Crippen molar-refractivity contribution in [3.63, 3.8) is 0 Å². The van der Waals surface area contributed by atoms with E-state index in [-0.39, 0.29) is 5.92 Å². The van der Waals surface area contributed by atoms with Crippen molar-refractivity contribution in [2.24, 2.45) is 11.8 Å². The first-order valence-electron chi connectivity index (χ1n) is 9.08. The Morgan fingerprint density at radius 2 is 1.87 bits per heavy atom. The summed E-state index contributed by atoms with van der Waals surface area (Å²) in [4.78, 5) is 12.3. The molecule has 0 aromatic heterocycles. The van der Waals surface area contributed by atoms with E-state index in [1.807, 2.05) is 31.2 Å². The van der Waals surface area contributed by atoms with E-state index < -0.39 is 0 Å². The number of aryl methyl sites for hydroxylation is 1. The molecule has 0 amide bonds. The lowest BCUT2D eigenvalue weighted by Gasteiger charge is -2.21. The average Bonchev–Trinajstić information content (AvgIpc) is 2.90. The number of ether oxygens (including phenoxy) is 1. The lowest BCUT2D eigenvalue weighted by atomic mass is 9.89. The fourth-order valence-corrected chi connectivity index (χ4v) is 3.50. The molecule has 0 radical (unpaired) electrons. The van der Waals surface area contributed by atoms with Crippen molar-refractivity contribution in [2.45, 2.75) is 65.2 Å². The number of carbonyl (C=O) groups is 1. The summed E-state index contributed by atoms with van der Waals surface area (Å²) in [6.07, 6.45) is 9.18. The van der Waals surface area contributed by atoms with Crippen molar-refractivity contribution < 1.29 is 9.53 Å². The van der Waals surface area contributed by atoms with Gasteiger partial charge in [0, 0.05) is 6.42 Å². The fourth-order valence-electron chi connectivity index (χ4n) is 3.50. The summed E-state index contributed by atoms with van der Waals surface area (Å²) in [5, 5.41) is 0. The second kappa shape index (κ2) is 8.90. The number of ketones is 1. The molecule has 2 nitrogen and oxygen atoms in total. The van der Waals surface area contributed by atoms with E-state index in [1.54, 1.807) is 0 Å². The van der Waals surface area contributed by atoms with Crippen LogP contribution in [0, 0.1) is 18.8 Å². The van der Waals surface area contributed by atoms with Crippen LogP contribution in [0.4, 0.5) is 0 Å². The van der Waals surface area contributed by atoms with Gasteiger partial charge in [-0.3, -0.25) is 4.79 Å². The number of benzene rings is 1. The molecule has 1 fully saturated rings. The molecule has 126 valence electrons. The first-order chi connectivity index (χ1) is 11.1. The SMILES string of the molecule is C=C(Oc1ccc(C)cc1)[C@@H]1C(=O)CC[C@H]1CCCCCCC. The van der Waals surface area contributed by atoms with E-state index in [4.69, 9.17) is 4.74 Å². The summed E-state index contributed by atoms with van der Waals surface area (Å²) in [7, 11) is 0.